The lowest BCUT2D eigenvalue weighted by Gasteiger charge is -2.42. The van der Waals surface area contributed by atoms with Gasteiger partial charge in [-0.15, -0.1) is 0 Å². The third kappa shape index (κ3) is 3.77. The monoisotopic (exact) mass is 367 g/mol. The topological polar surface area (TPSA) is 58.8 Å². The average molecular weight is 367 g/mol. The summed E-state index contributed by atoms with van der Waals surface area (Å²) in [5.41, 5.74) is 5.44. The fourth-order valence-electron chi connectivity index (χ4n) is 3.88. The van der Waals surface area contributed by atoms with E-state index < -0.39 is 17.2 Å². The zero-order valence-corrected chi connectivity index (χ0v) is 15.6. The SMILES string of the molecule is CC(C)(C)OC(=O)N1C2CCC1CN(c1cc(F)c(CCN)cc1F)C2. The molecule has 144 valence electrons. The van der Waals surface area contributed by atoms with E-state index >= 15 is 0 Å². The number of carbonyl (C=O) groups excluding carboxylic acids is 1. The molecule has 1 aromatic rings. The van der Waals surface area contributed by atoms with Crippen molar-refractivity contribution in [3.05, 3.63) is 29.3 Å². The van der Waals surface area contributed by atoms with E-state index in [2.05, 4.69) is 0 Å². The molecule has 5 nitrogen and oxygen atoms in total. The van der Waals surface area contributed by atoms with Crippen LogP contribution in [0.5, 0.6) is 0 Å². The van der Waals surface area contributed by atoms with Crippen molar-refractivity contribution in [1.29, 1.82) is 0 Å². The van der Waals surface area contributed by atoms with Crippen LogP contribution in [0.25, 0.3) is 0 Å². The molecule has 2 atom stereocenters. The van der Waals surface area contributed by atoms with Gasteiger partial charge in [-0.3, -0.25) is 4.90 Å². The predicted octanol–water partition coefficient (Wildman–Crippen LogP) is 3.05. The minimum atomic E-state index is -0.554. The lowest BCUT2D eigenvalue weighted by atomic mass is 10.1. The second kappa shape index (κ2) is 7.02. The molecule has 0 radical (unpaired) electrons. The number of amides is 1. The van der Waals surface area contributed by atoms with Gasteiger partial charge in [0, 0.05) is 19.2 Å². The van der Waals surface area contributed by atoms with Crippen molar-refractivity contribution >= 4 is 11.8 Å². The second-order valence-electron chi connectivity index (χ2n) is 8.11. The Kier molecular flexibility index (Phi) is 5.10. The van der Waals surface area contributed by atoms with Gasteiger partial charge in [0.15, 0.2) is 0 Å². The number of nitrogens with zero attached hydrogens (tertiary/aromatic N) is 2. The van der Waals surface area contributed by atoms with Crippen molar-refractivity contribution in [3.63, 3.8) is 0 Å². The van der Waals surface area contributed by atoms with E-state index in [9.17, 15) is 13.6 Å². The van der Waals surface area contributed by atoms with Crippen LogP contribution in [0.15, 0.2) is 12.1 Å². The molecule has 2 aliphatic heterocycles. The quantitative estimate of drug-likeness (QED) is 0.892. The Morgan fingerprint density at radius 1 is 1.19 bits per heavy atom. The van der Waals surface area contributed by atoms with E-state index in [1.165, 1.54) is 12.1 Å². The van der Waals surface area contributed by atoms with E-state index in [1.54, 1.807) is 4.90 Å². The molecule has 1 amide bonds. The molecule has 3 rings (SSSR count). The Hall–Kier alpha value is -1.89. The van der Waals surface area contributed by atoms with Gasteiger partial charge in [-0.2, -0.15) is 0 Å². The minimum absolute atomic E-state index is 0.0465. The number of rotatable bonds is 3. The number of hydrogen-bond acceptors (Lipinski definition) is 4. The first-order chi connectivity index (χ1) is 12.2. The molecular formula is C19H27F2N3O2. The first-order valence-corrected chi connectivity index (χ1v) is 9.14. The number of fused-ring (bicyclic) bond motifs is 2. The number of ether oxygens (including phenoxy) is 1. The number of benzene rings is 1. The van der Waals surface area contributed by atoms with Gasteiger partial charge in [0.2, 0.25) is 0 Å². The number of carbonyl (C=O) groups is 1. The Bertz CT molecular complexity index is 676. The molecule has 2 fully saturated rings. The van der Waals surface area contributed by atoms with Crippen LogP contribution >= 0.6 is 0 Å². The van der Waals surface area contributed by atoms with E-state index in [0.29, 0.717) is 25.1 Å². The van der Waals surface area contributed by atoms with Crippen LogP contribution < -0.4 is 10.6 Å². The van der Waals surface area contributed by atoms with Gasteiger partial charge in [0.1, 0.15) is 17.2 Å². The Morgan fingerprint density at radius 2 is 1.81 bits per heavy atom. The Balaban J connectivity index is 1.77. The summed E-state index contributed by atoms with van der Waals surface area (Å²) in [5, 5.41) is 0. The van der Waals surface area contributed by atoms with Gasteiger partial charge >= 0.3 is 6.09 Å². The van der Waals surface area contributed by atoms with Gasteiger partial charge in [0.05, 0.1) is 17.8 Å². The number of piperazine rings is 1. The summed E-state index contributed by atoms with van der Waals surface area (Å²) in [4.78, 5) is 16.1. The maximum atomic E-state index is 14.5. The van der Waals surface area contributed by atoms with Crippen LogP contribution in [0.3, 0.4) is 0 Å². The maximum Gasteiger partial charge on any atom is 0.410 e. The highest BCUT2D eigenvalue weighted by atomic mass is 19.1. The standard InChI is InChI=1S/C19H27F2N3O2/c1-19(2,3)26-18(25)24-13-4-5-14(24)11-23(10-13)17-9-15(20)12(6-7-22)8-16(17)21/h8-9,13-14H,4-7,10-11,22H2,1-3H3. The zero-order valence-electron chi connectivity index (χ0n) is 15.6. The lowest BCUT2D eigenvalue weighted by Crippen LogP contribution is -2.57. The van der Waals surface area contributed by atoms with E-state index in [1.807, 2.05) is 25.7 Å². The van der Waals surface area contributed by atoms with Gasteiger partial charge in [-0.1, -0.05) is 0 Å². The third-order valence-electron chi connectivity index (χ3n) is 4.96. The van der Waals surface area contributed by atoms with Crippen molar-refractivity contribution in [2.75, 3.05) is 24.5 Å². The fraction of sp³-hybridized carbons (Fsp3) is 0.632. The van der Waals surface area contributed by atoms with Crippen molar-refractivity contribution in [2.45, 2.75) is 57.7 Å². The molecule has 2 unspecified atom stereocenters. The highest BCUT2D eigenvalue weighted by Gasteiger charge is 2.44. The van der Waals surface area contributed by atoms with Crippen LogP contribution in [0.1, 0.15) is 39.2 Å². The summed E-state index contributed by atoms with van der Waals surface area (Å²) in [6, 6.07) is 2.40. The van der Waals surface area contributed by atoms with Crippen LogP contribution in [-0.4, -0.2) is 48.3 Å². The molecule has 2 N–H and O–H groups in total. The van der Waals surface area contributed by atoms with Crippen LogP contribution in [0.4, 0.5) is 19.3 Å². The number of halogens is 2. The summed E-state index contributed by atoms with van der Waals surface area (Å²) in [6.07, 6.45) is 1.67. The predicted molar refractivity (Wildman–Crippen MR) is 96.2 cm³/mol. The highest BCUT2D eigenvalue weighted by molar-refractivity contribution is 5.70. The van der Waals surface area contributed by atoms with Crippen LogP contribution in [-0.2, 0) is 11.2 Å². The first-order valence-electron chi connectivity index (χ1n) is 9.14. The van der Waals surface area contributed by atoms with Gasteiger partial charge in [-0.05, 0) is 58.2 Å². The molecule has 2 heterocycles. The summed E-state index contributed by atoms with van der Waals surface area (Å²) in [7, 11) is 0. The molecule has 0 aromatic heterocycles. The van der Waals surface area contributed by atoms with Gasteiger partial charge in [-0.25, -0.2) is 13.6 Å². The molecule has 0 spiro atoms. The lowest BCUT2D eigenvalue weighted by molar-refractivity contribution is 0.0123. The average Bonchev–Trinajstić information content (AvgIpc) is 2.80. The van der Waals surface area contributed by atoms with Crippen LogP contribution in [0, 0.1) is 11.6 Å². The number of nitrogens with two attached hydrogens (primary N) is 1. The van der Waals surface area contributed by atoms with E-state index in [0.717, 1.165) is 12.8 Å². The minimum Gasteiger partial charge on any atom is -0.444 e. The molecule has 7 heteroatoms. The summed E-state index contributed by atoms with van der Waals surface area (Å²) in [5.74, 6) is -0.881. The maximum absolute atomic E-state index is 14.5. The van der Waals surface area contributed by atoms with Gasteiger partial charge < -0.3 is 15.4 Å². The largest absolute Gasteiger partial charge is 0.444 e. The second-order valence-corrected chi connectivity index (χ2v) is 8.11. The van der Waals surface area contributed by atoms with Crippen molar-refractivity contribution in [1.82, 2.24) is 4.90 Å². The smallest absolute Gasteiger partial charge is 0.410 e. The Morgan fingerprint density at radius 3 is 2.35 bits per heavy atom. The van der Waals surface area contributed by atoms with E-state index in [-0.39, 0.29) is 30.4 Å². The third-order valence-corrected chi connectivity index (χ3v) is 4.96. The van der Waals surface area contributed by atoms with Crippen molar-refractivity contribution in [2.24, 2.45) is 5.73 Å². The van der Waals surface area contributed by atoms with Crippen molar-refractivity contribution < 1.29 is 18.3 Å². The highest BCUT2D eigenvalue weighted by Crippen LogP contribution is 2.35. The normalized spacial score (nSPS) is 22.7. The zero-order chi connectivity index (χ0) is 19.1. The molecular weight excluding hydrogens is 340 g/mol. The fourth-order valence-corrected chi connectivity index (χ4v) is 3.88. The first kappa shape index (κ1) is 18.9. The van der Waals surface area contributed by atoms with E-state index in [4.69, 9.17) is 10.5 Å². The molecule has 1 aromatic carbocycles. The van der Waals surface area contributed by atoms with Crippen LogP contribution in [0.2, 0.25) is 0 Å². The molecule has 0 aliphatic carbocycles. The number of anilines is 1. The molecule has 2 saturated heterocycles. The summed E-state index contributed by atoms with van der Waals surface area (Å²) < 4.78 is 34.3. The molecule has 26 heavy (non-hydrogen) atoms. The van der Waals surface area contributed by atoms with Gasteiger partial charge in [0.25, 0.3) is 0 Å². The summed E-state index contributed by atoms with van der Waals surface area (Å²) in [6.45, 7) is 6.73. The van der Waals surface area contributed by atoms with Crippen molar-refractivity contribution in [3.8, 4) is 0 Å². The Labute approximate surface area is 153 Å². The summed E-state index contributed by atoms with van der Waals surface area (Å²) >= 11 is 0. The number of hydrogen-bond donors (Lipinski definition) is 1. The molecule has 2 bridgehead atoms. The molecule has 0 saturated carbocycles. The molecule has 2 aliphatic rings.